The van der Waals surface area contributed by atoms with E-state index in [1.165, 1.54) is 0 Å². The summed E-state index contributed by atoms with van der Waals surface area (Å²) in [6.07, 6.45) is 2.36. The molecule has 272 valence electrons. The highest BCUT2D eigenvalue weighted by molar-refractivity contribution is 6.30. The summed E-state index contributed by atoms with van der Waals surface area (Å²) in [6, 6.07) is 25.5. The number of ether oxygens (including phenoxy) is 4. The Hall–Kier alpha value is -4.77. The van der Waals surface area contributed by atoms with Crippen LogP contribution in [0.4, 0.5) is 0 Å². The molecule has 1 unspecified atom stereocenters. The molecule has 11 heteroatoms. The summed E-state index contributed by atoms with van der Waals surface area (Å²) >= 11 is 6.21. The molecule has 0 aliphatic carbocycles. The highest BCUT2D eigenvalue weighted by Gasteiger charge is 2.42. The maximum atomic E-state index is 14.0. The molecule has 0 aromatic heterocycles. The number of aliphatic hydroxyl groups is 1. The fourth-order valence-electron chi connectivity index (χ4n) is 7.55. The molecule has 7 rings (SSSR count). The smallest absolute Gasteiger partial charge is 0.335 e. The molecule has 1 amide bonds. The number of fused-ring (bicyclic) bond motifs is 1. The Morgan fingerprint density at radius 2 is 1.71 bits per heavy atom. The molecule has 2 atom stereocenters. The van der Waals surface area contributed by atoms with Gasteiger partial charge in [-0.05, 0) is 71.6 Å². The molecule has 4 aromatic carbocycles. The summed E-state index contributed by atoms with van der Waals surface area (Å²) in [5.74, 6) is 1.20. The number of amides is 1. The first-order chi connectivity index (χ1) is 25.2. The third-order valence-corrected chi connectivity index (χ3v) is 10.6. The average Bonchev–Trinajstić information content (AvgIpc) is 3.79. The number of carbonyl (C=O) groups excluding carboxylic acids is 1. The molecule has 4 aromatic rings. The van der Waals surface area contributed by atoms with Crippen LogP contribution in [0.2, 0.25) is 5.02 Å². The van der Waals surface area contributed by atoms with Crippen molar-refractivity contribution in [3.05, 3.63) is 118 Å². The molecule has 0 bridgehead atoms. The lowest BCUT2D eigenvalue weighted by Gasteiger charge is -2.39. The number of nitrogens with zero attached hydrogens (tertiary/aromatic N) is 2. The molecule has 10 nitrogen and oxygen atoms in total. The fraction of sp³-hybridized carbons (Fsp3) is 0.366. The summed E-state index contributed by atoms with van der Waals surface area (Å²) in [5.41, 5.74) is 3.19. The van der Waals surface area contributed by atoms with Gasteiger partial charge in [-0.15, -0.1) is 0 Å². The highest BCUT2D eigenvalue weighted by Crippen LogP contribution is 2.42. The number of methoxy groups -OCH3 is 1. The molecular formula is C41H43ClN2O8. The van der Waals surface area contributed by atoms with Gasteiger partial charge in [0.15, 0.2) is 0 Å². The molecule has 0 saturated carbocycles. The lowest BCUT2D eigenvalue weighted by molar-refractivity contribution is -0.00203. The predicted molar refractivity (Wildman–Crippen MR) is 196 cm³/mol. The zero-order valence-electron chi connectivity index (χ0n) is 29.1. The number of halogens is 1. The minimum absolute atomic E-state index is 0.0150. The molecule has 1 spiro atoms. The van der Waals surface area contributed by atoms with E-state index in [0.717, 1.165) is 60.5 Å². The van der Waals surface area contributed by atoms with Crippen molar-refractivity contribution in [3.8, 4) is 23.0 Å². The van der Waals surface area contributed by atoms with Crippen molar-refractivity contribution in [3.63, 3.8) is 0 Å². The summed E-state index contributed by atoms with van der Waals surface area (Å²) in [5, 5.41) is 21.6. The average molecular weight is 727 g/mol. The number of β-amino-alcohol motifs (C(OH)–C–C–N with tert-alkyl or cyclic N) is 1. The first-order valence-corrected chi connectivity index (χ1v) is 18.1. The number of hydrogen-bond acceptors (Lipinski definition) is 8. The highest BCUT2D eigenvalue weighted by atomic mass is 35.5. The molecule has 3 aliphatic heterocycles. The van der Waals surface area contributed by atoms with Crippen LogP contribution in [-0.2, 0) is 13.0 Å². The van der Waals surface area contributed by atoms with Crippen molar-refractivity contribution >= 4 is 23.5 Å². The van der Waals surface area contributed by atoms with Gasteiger partial charge < -0.3 is 39.0 Å². The van der Waals surface area contributed by atoms with Crippen molar-refractivity contribution in [2.24, 2.45) is 0 Å². The predicted octanol–water partition coefficient (Wildman–Crippen LogP) is 6.46. The first kappa shape index (κ1) is 35.6. The van der Waals surface area contributed by atoms with Crippen LogP contribution in [0.1, 0.15) is 62.6 Å². The van der Waals surface area contributed by atoms with Crippen LogP contribution < -0.4 is 18.9 Å². The second kappa shape index (κ2) is 15.5. The van der Waals surface area contributed by atoms with Crippen LogP contribution in [0, 0.1) is 0 Å². The van der Waals surface area contributed by atoms with Gasteiger partial charge in [-0.1, -0.05) is 41.9 Å². The van der Waals surface area contributed by atoms with Crippen LogP contribution in [0.15, 0.2) is 84.9 Å². The van der Waals surface area contributed by atoms with Gasteiger partial charge in [-0.3, -0.25) is 4.79 Å². The lowest BCUT2D eigenvalue weighted by Crippen LogP contribution is -2.49. The van der Waals surface area contributed by atoms with Crippen LogP contribution >= 0.6 is 11.6 Å². The number of rotatable bonds is 12. The number of carbonyl (C=O) groups is 2. The minimum Gasteiger partial charge on any atom is -0.497 e. The van der Waals surface area contributed by atoms with E-state index < -0.39 is 12.1 Å². The van der Waals surface area contributed by atoms with E-state index in [-0.39, 0.29) is 29.6 Å². The van der Waals surface area contributed by atoms with E-state index in [2.05, 4.69) is 4.90 Å². The Morgan fingerprint density at radius 1 is 0.942 bits per heavy atom. The van der Waals surface area contributed by atoms with Crippen molar-refractivity contribution in [2.75, 3.05) is 46.4 Å². The third kappa shape index (κ3) is 7.99. The van der Waals surface area contributed by atoms with Gasteiger partial charge in [0.05, 0.1) is 18.2 Å². The Bertz CT molecular complexity index is 1910. The topological polar surface area (TPSA) is 118 Å². The number of carboxylic acid groups (broad SMARTS) is 1. The monoisotopic (exact) mass is 726 g/mol. The van der Waals surface area contributed by atoms with E-state index in [1.807, 2.05) is 54.6 Å². The summed E-state index contributed by atoms with van der Waals surface area (Å²) < 4.78 is 24.0. The maximum absolute atomic E-state index is 14.0. The largest absolute Gasteiger partial charge is 0.497 e. The van der Waals surface area contributed by atoms with E-state index >= 15 is 0 Å². The standard InChI is InChI=1S/C41H43ClN2O8/c1-49-32-9-6-27(7-10-32)25-50-33-11-12-36(39(46)44-17-14-28(23-44)34-4-2-3-5-35(34)40(47)48)38(21-33)51-26-31(45)24-43-18-15-41(16-19-43)22-29-20-30(42)8-13-37(29)52-41/h2-13,20-21,28,31,45H,14-19,22-26H2,1H3,(H,47,48)/t28?,31-/m0/s1. The maximum Gasteiger partial charge on any atom is 0.335 e. The Labute approximate surface area is 308 Å². The Morgan fingerprint density at radius 3 is 2.48 bits per heavy atom. The van der Waals surface area contributed by atoms with Gasteiger partial charge in [0.1, 0.15) is 47.9 Å². The molecule has 52 heavy (non-hydrogen) atoms. The first-order valence-electron chi connectivity index (χ1n) is 17.7. The fourth-order valence-corrected chi connectivity index (χ4v) is 7.75. The third-order valence-electron chi connectivity index (χ3n) is 10.4. The zero-order chi connectivity index (χ0) is 36.2. The SMILES string of the molecule is COc1ccc(COc2ccc(C(=O)N3CCC(c4ccccc4C(=O)O)C3)c(OC[C@@H](O)CN3CCC4(CC3)Cc3cc(Cl)ccc3O4)c2)cc1. The van der Waals surface area contributed by atoms with Crippen molar-refractivity contribution in [1.82, 2.24) is 9.80 Å². The van der Waals surface area contributed by atoms with E-state index in [9.17, 15) is 19.8 Å². The van der Waals surface area contributed by atoms with Crippen LogP contribution in [0.5, 0.6) is 23.0 Å². The summed E-state index contributed by atoms with van der Waals surface area (Å²) in [7, 11) is 1.62. The van der Waals surface area contributed by atoms with Crippen molar-refractivity contribution in [2.45, 2.75) is 49.9 Å². The van der Waals surface area contributed by atoms with Crippen molar-refractivity contribution < 1.29 is 38.7 Å². The Kier molecular flexibility index (Phi) is 10.6. The number of likely N-dealkylation sites (tertiary alicyclic amines) is 2. The molecular weight excluding hydrogens is 684 g/mol. The molecule has 2 saturated heterocycles. The van der Waals surface area contributed by atoms with Gasteiger partial charge in [-0.25, -0.2) is 4.79 Å². The molecule has 2 N–H and O–H groups in total. The van der Waals surface area contributed by atoms with Crippen LogP contribution in [0.25, 0.3) is 0 Å². The van der Waals surface area contributed by atoms with Gasteiger partial charge in [0.2, 0.25) is 0 Å². The van der Waals surface area contributed by atoms with Gasteiger partial charge in [0, 0.05) is 69.0 Å². The van der Waals surface area contributed by atoms with Gasteiger partial charge in [-0.2, -0.15) is 0 Å². The molecule has 3 heterocycles. The van der Waals surface area contributed by atoms with Crippen LogP contribution in [-0.4, -0.2) is 90.0 Å². The number of benzene rings is 4. The quantitative estimate of drug-likeness (QED) is 0.170. The van der Waals surface area contributed by atoms with E-state index in [1.54, 1.807) is 42.3 Å². The normalized spacial score (nSPS) is 18.4. The van der Waals surface area contributed by atoms with E-state index in [4.69, 9.17) is 30.5 Å². The molecule has 2 fully saturated rings. The van der Waals surface area contributed by atoms with Gasteiger partial charge >= 0.3 is 5.97 Å². The second-order valence-corrected chi connectivity index (χ2v) is 14.3. The number of piperidine rings is 1. The number of aromatic carboxylic acids is 1. The molecule has 0 radical (unpaired) electrons. The second-order valence-electron chi connectivity index (χ2n) is 13.9. The van der Waals surface area contributed by atoms with E-state index in [0.29, 0.717) is 54.7 Å². The minimum atomic E-state index is -0.980. The lowest BCUT2D eigenvalue weighted by atomic mass is 9.87. The Balaban J connectivity index is 1.01. The molecule has 3 aliphatic rings. The van der Waals surface area contributed by atoms with Crippen LogP contribution in [0.3, 0.4) is 0 Å². The number of hydrogen-bond donors (Lipinski definition) is 2. The van der Waals surface area contributed by atoms with Gasteiger partial charge in [0.25, 0.3) is 5.91 Å². The summed E-state index contributed by atoms with van der Waals surface area (Å²) in [4.78, 5) is 29.8. The summed E-state index contributed by atoms with van der Waals surface area (Å²) in [6.45, 7) is 3.12. The van der Waals surface area contributed by atoms with Crippen molar-refractivity contribution in [1.29, 1.82) is 0 Å². The number of carboxylic acids is 1. The zero-order valence-corrected chi connectivity index (χ0v) is 29.9. The number of aliphatic hydroxyl groups excluding tert-OH is 1.